The van der Waals surface area contributed by atoms with E-state index in [-0.39, 0.29) is 0 Å². The Morgan fingerprint density at radius 1 is 0.340 bits per heavy atom. The van der Waals surface area contributed by atoms with Gasteiger partial charge in [-0.15, -0.1) is 0 Å². The molecular formula is C49H36N2O2. The first-order chi connectivity index (χ1) is 26.1. The molecule has 4 nitrogen and oxygen atoms in total. The fourth-order valence-corrected chi connectivity index (χ4v) is 7.51. The van der Waals surface area contributed by atoms with Gasteiger partial charge in [0.05, 0.1) is 0 Å². The van der Waals surface area contributed by atoms with Crippen LogP contribution in [0.25, 0.3) is 55.6 Å². The molecule has 8 aromatic carbocycles. The molecule has 0 amide bonds. The third kappa shape index (κ3) is 6.28. The Hall–Kier alpha value is -7.04. The molecule has 0 bridgehead atoms. The lowest BCUT2D eigenvalue weighted by Gasteiger charge is -2.22. The molecule has 0 heterocycles. The maximum Gasteiger partial charge on any atom is 0.129 e. The summed E-state index contributed by atoms with van der Waals surface area (Å²) in [6.45, 7) is 0. The van der Waals surface area contributed by atoms with E-state index in [2.05, 4.69) is 127 Å². The van der Waals surface area contributed by atoms with Crippen molar-refractivity contribution in [2.24, 2.45) is 0 Å². The van der Waals surface area contributed by atoms with Crippen LogP contribution in [0.3, 0.4) is 0 Å². The lowest BCUT2D eigenvalue weighted by molar-refractivity contribution is 0.483. The van der Waals surface area contributed by atoms with E-state index >= 15 is 0 Å². The lowest BCUT2D eigenvalue weighted by Crippen LogP contribution is -1.98. The van der Waals surface area contributed by atoms with Gasteiger partial charge in [0.2, 0.25) is 0 Å². The van der Waals surface area contributed by atoms with Crippen molar-refractivity contribution in [3.05, 3.63) is 193 Å². The van der Waals surface area contributed by atoms with Gasteiger partial charge in [0.25, 0.3) is 0 Å². The molecule has 0 saturated heterocycles. The first kappa shape index (κ1) is 31.9. The first-order valence-electron chi connectivity index (χ1n) is 17.8. The Kier molecular flexibility index (Phi) is 8.18. The van der Waals surface area contributed by atoms with Gasteiger partial charge in [-0.25, -0.2) is 0 Å². The molecule has 0 fully saturated rings. The molecule has 53 heavy (non-hydrogen) atoms. The van der Waals surface area contributed by atoms with Crippen molar-refractivity contribution in [2.45, 2.75) is 6.42 Å². The number of hydrogen-bond donors (Lipinski definition) is 2. The van der Waals surface area contributed by atoms with Crippen LogP contribution < -0.4 is 20.9 Å². The molecule has 0 atom stereocenters. The highest BCUT2D eigenvalue weighted by Crippen LogP contribution is 2.50. The number of benzene rings is 8. The maximum atomic E-state index is 6.41. The van der Waals surface area contributed by atoms with Crippen LogP contribution in [0.4, 0.5) is 11.4 Å². The van der Waals surface area contributed by atoms with Crippen LogP contribution in [0.5, 0.6) is 23.0 Å². The van der Waals surface area contributed by atoms with E-state index < -0.39 is 0 Å². The van der Waals surface area contributed by atoms with Crippen molar-refractivity contribution < 1.29 is 9.47 Å². The van der Waals surface area contributed by atoms with Crippen LogP contribution in [0, 0.1) is 0 Å². The van der Waals surface area contributed by atoms with Crippen LogP contribution in [0.15, 0.2) is 182 Å². The Balaban J connectivity index is 1.28. The Labute approximate surface area is 309 Å². The van der Waals surface area contributed by atoms with Gasteiger partial charge in [0, 0.05) is 23.5 Å². The second-order valence-corrected chi connectivity index (χ2v) is 13.3. The molecule has 0 spiro atoms. The number of fused-ring (bicyclic) bond motifs is 3. The van der Waals surface area contributed by atoms with Crippen molar-refractivity contribution in [3.63, 3.8) is 0 Å². The number of anilines is 2. The van der Waals surface area contributed by atoms with Gasteiger partial charge in [-0.2, -0.15) is 0 Å². The number of nitrogen functional groups attached to an aromatic ring is 2. The molecule has 1 aliphatic carbocycles. The number of rotatable bonds is 8. The molecule has 0 radical (unpaired) electrons. The summed E-state index contributed by atoms with van der Waals surface area (Å²) in [4.78, 5) is 0. The topological polar surface area (TPSA) is 70.5 Å². The maximum absolute atomic E-state index is 6.41. The van der Waals surface area contributed by atoms with E-state index in [9.17, 15) is 0 Å². The molecule has 254 valence electrons. The van der Waals surface area contributed by atoms with Crippen molar-refractivity contribution in [3.8, 4) is 78.6 Å². The van der Waals surface area contributed by atoms with Gasteiger partial charge in [0.15, 0.2) is 0 Å². The minimum absolute atomic E-state index is 0.657. The van der Waals surface area contributed by atoms with Crippen molar-refractivity contribution in [2.75, 3.05) is 11.5 Å². The zero-order valence-corrected chi connectivity index (χ0v) is 29.0. The Bertz CT molecular complexity index is 2610. The molecule has 8 aromatic rings. The second kappa shape index (κ2) is 13.6. The standard InChI is InChI=1S/C49H36N2O2/c50-35-16-9-18-37(28-35)52-39-21-23-43(46(30-39)32-11-3-1-4-12-32)44-26-25-42-41-20-8-7-15-34(41)27-48(42)49(44)45-24-22-40(53-38-19-10-17-36(51)29-38)31-47(45)33-13-5-2-6-14-33/h1-26,28-31H,27,50-51H2. The molecule has 0 aromatic heterocycles. The highest BCUT2D eigenvalue weighted by molar-refractivity contribution is 6.01. The normalized spacial score (nSPS) is 11.5. The third-order valence-corrected chi connectivity index (χ3v) is 9.89. The summed E-state index contributed by atoms with van der Waals surface area (Å²) in [6.07, 6.45) is 0.835. The summed E-state index contributed by atoms with van der Waals surface area (Å²) < 4.78 is 12.8. The Morgan fingerprint density at radius 2 is 0.830 bits per heavy atom. The van der Waals surface area contributed by atoms with Gasteiger partial charge in [-0.05, 0) is 122 Å². The zero-order valence-electron chi connectivity index (χ0n) is 29.0. The van der Waals surface area contributed by atoms with Crippen LogP contribution in [-0.2, 0) is 6.42 Å². The number of hydrogen-bond acceptors (Lipinski definition) is 4. The van der Waals surface area contributed by atoms with Crippen LogP contribution in [0.1, 0.15) is 11.1 Å². The smallest absolute Gasteiger partial charge is 0.129 e. The van der Waals surface area contributed by atoms with Crippen LogP contribution in [-0.4, -0.2) is 0 Å². The average molecular weight is 685 g/mol. The van der Waals surface area contributed by atoms with Crippen LogP contribution in [0.2, 0.25) is 0 Å². The number of ether oxygens (including phenoxy) is 2. The SMILES string of the molecule is Nc1cccc(Oc2ccc(-c3ccc4c(c3-c3ccc(Oc5cccc(N)c5)cc3-c3ccccc3)Cc3ccccc3-4)c(-c3ccccc3)c2)c1. The predicted octanol–water partition coefficient (Wildman–Crippen LogP) is 12.7. The minimum Gasteiger partial charge on any atom is -0.457 e. The van der Waals surface area contributed by atoms with E-state index in [4.69, 9.17) is 20.9 Å². The molecule has 0 aliphatic heterocycles. The van der Waals surface area contributed by atoms with Crippen molar-refractivity contribution in [1.29, 1.82) is 0 Å². The fraction of sp³-hybridized carbons (Fsp3) is 0.0204. The van der Waals surface area contributed by atoms with Gasteiger partial charge in [-0.3, -0.25) is 0 Å². The van der Waals surface area contributed by atoms with E-state index in [0.29, 0.717) is 22.9 Å². The van der Waals surface area contributed by atoms with Gasteiger partial charge in [-0.1, -0.05) is 121 Å². The average Bonchev–Trinajstić information content (AvgIpc) is 3.57. The highest BCUT2D eigenvalue weighted by Gasteiger charge is 2.27. The fourth-order valence-electron chi connectivity index (χ4n) is 7.51. The van der Waals surface area contributed by atoms with Gasteiger partial charge < -0.3 is 20.9 Å². The predicted molar refractivity (Wildman–Crippen MR) is 218 cm³/mol. The molecular weight excluding hydrogens is 649 g/mol. The molecule has 1 aliphatic rings. The van der Waals surface area contributed by atoms with Crippen molar-refractivity contribution in [1.82, 2.24) is 0 Å². The first-order valence-corrected chi connectivity index (χ1v) is 17.8. The second-order valence-electron chi connectivity index (χ2n) is 13.3. The van der Waals surface area contributed by atoms with E-state index in [1.54, 1.807) is 0 Å². The van der Waals surface area contributed by atoms with Gasteiger partial charge >= 0.3 is 0 Å². The summed E-state index contributed by atoms with van der Waals surface area (Å²) in [6, 6.07) is 62.3. The monoisotopic (exact) mass is 684 g/mol. The highest BCUT2D eigenvalue weighted by atomic mass is 16.5. The molecule has 4 heteroatoms. The molecule has 9 rings (SSSR count). The quantitative estimate of drug-likeness (QED) is 0.156. The third-order valence-electron chi connectivity index (χ3n) is 9.89. The summed E-state index contributed by atoms with van der Waals surface area (Å²) in [5.74, 6) is 2.87. The zero-order chi connectivity index (χ0) is 35.7. The summed E-state index contributed by atoms with van der Waals surface area (Å²) in [5.41, 5.74) is 27.7. The molecule has 0 saturated carbocycles. The van der Waals surface area contributed by atoms with E-state index in [1.165, 1.54) is 27.8 Å². The summed E-state index contributed by atoms with van der Waals surface area (Å²) >= 11 is 0. The van der Waals surface area contributed by atoms with Gasteiger partial charge in [0.1, 0.15) is 23.0 Å². The van der Waals surface area contributed by atoms with E-state index in [0.717, 1.165) is 56.9 Å². The number of nitrogens with two attached hydrogens (primary N) is 2. The van der Waals surface area contributed by atoms with E-state index in [1.807, 2.05) is 54.6 Å². The van der Waals surface area contributed by atoms with Crippen LogP contribution >= 0.6 is 0 Å². The molecule has 0 unspecified atom stereocenters. The van der Waals surface area contributed by atoms with Crippen molar-refractivity contribution >= 4 is 11.4 Å². The largest absolute Gasteiger partial charge is 0.457 e. The summed E-state index contributed by atoms with van der Waals surface area (Å²) in [7, 11) is 0. The Morgan fingerprint density at radius 3 is 1.43 bits per heavy atom. The lowest BCUT2D eigenvalue weighted by atomic mass is 9.82. The summed E-state index contributed by atoms with van der Waals surface area (Å²) in [5, 5.41) is 0. The minimum atomic E-state index is 0.657. The molecule has 4 N–H and O–H groups in total.